The maximum atomic E-state index is 11.9. The molecule has 0 spiro atoms. The molecule has 7 heteroatoms. The number of ether oxygens (including phenoxy) is 3. The highest BCUT2D eigenvalue weighted by Crippen LogP contribution is 2.46. The SMILES string of the molecule is CCC(O)c1c(OC2CNC(C(=O)OC)C2)c(C2CCC2)nc2ccc(OC)cc12. The number of esters is 1. The van der Waals surface area contributed by atoms with Crippen LogP contribution >= 0.6 is 0 Å². The van der Waals surface area contributed by atoms with Crippen LogP contribution in [-0.2, 0) is 9.53 Å². The quantitative estimate of drug-likeness (QED) is 0.672. The zero-order valence-corrected chi connectivity index (χ0v) is 17.8. The van der Waals surface area contributed by atoms with Gasteiger partial charge >= 0.3 is 5.97 Å². The Kier molecular flexibility index (Phi) is 6.11. The van der Waals surface area contributed by atoms with E-state index in [-0.39, 0.29) is 18.1 Å². The normalized spacial score (nSPS) is 22.5. The Morgan fingerprint density at radius 3 is 2.77 bits per heavy atom. The molecule has 1 saturated carbocycles. The van der Waals surface area contributed by atoms with Crippen molar-refractivity contribution in [1.82, 2.24) is 10.3 Å². The third kappa shape index (κ3) is 3.84. The summed E-state index contributed by atoms with van der Waals surface area (Å²) in [7, 11) is 3.02. The van der Waals surface area contributed by atoms with E-state index >= 15 is 0 Å². The second-order valence-corrected chi connectivity index (χ2v) is 8.13. The molecule has 4 rings (SSSR count). The van der Waals surface area contributed by atoms with E-state index in [9.17, 15) is 9.90 Å². The van der Waals surface area contributed by atoms with Crippen LogP contribution in [0, 0.1) is 0 Å². The molecule has 2 heterocycles. The van der Waals surface area contributed by atoms with Crippen LogP contribution < -0.4 is 14.8 Å². The van der Waals surface area contributed by atoms with Gasteiger partial charge in [0.25, 0.3) is 0 Å². The maximum absolute atomic E-state index is 11.9. The molecule has 3 unspecified atom stereocenters. The Morgan fingerprint density at radius 1 is 1.33 bits per heavy atom. The number of aromatic nitrogens is 1. The molecule has 0 radical (unpaired) electrons. The van der Waals surface area contributed by atoms with Gasteiger partial charge in [0.15, 0.2) is 0 Å². The summed E-state index contributed by atoms with van der Waals surface area (Å²) in [5.74, 6) is 1.44. The van der Waals surface area contributed by atoms with Gasteiger partial charge in [-0.25, -0.2) is 4.98 Å². The van der Waals surface area contributed by atoms with E-state index < -0.39 is 6.10 Å². The fourth-order valence-electron chi connectivity index (χ4n) is 4.29. The number of hydrogen-bond donors (Lipinski definition) is 2. The minimum absolute atomic E-state index is 0.194. The Balaban J connectivity index is 1.79. The molecule has 2 aliphatic rings. The van der Waals surface area contributed by atoms with Crippen molar-refractivity contribution < 1.29 is 24.1 Å². The molecule has 30 heavy (non-hydrogen) atoms. The topological polar surface area (TPSA) is 89.9 Å². The zero-order valence-electron chi connectivity index (χ0n) is 17.8. The van der Waals surface area contributed by atoms with E-state index in [0.717, 1.165) is 35.0 Å². The Labute approximate surface area is 176 Å². The number of aliphatic hydroxyl groups excluding tert-OH is 1. The predicted molar refractivity (Wildman–Crippen MR) is 113 cm³/mol. The van der Waals surface area contributed by atoms with Crippen LogP contribution in [0.25, 0.3) is 10.9 Å². The lowest BCUT2D eigenvalue weighted by Gasteiger charge is -2.30. The number of benzene rings is 1. The number of hydrogen-bond acceptors (Lipinski definition) is 7. The van der Waals surface area contributed by atoms with Gasteiger partial charge in [0, 0.05) is 29.8 Å². The average Bonchev–Trinajstić information content (AvgIpc) is 3.20. The standard InChI is InChI=1S/C23H30N2O5/c1-4-19(26)20-16-10-14(28-2)8-9-17(16)25-21(13-6-5-7-13)22(20)30-15-11-18(24-12-15)23(27)29-3/h8-10,13,15,18-19,24,26H,4-7,11-12H2,1-3H3. The molecule has 0 amide bonds. The molecule has 1 aliphatic heterocycles. The minimum Gasteiger partial charge on any atom is -0.497 e. The second kappa shape index (κ2) is 8.78. The van der Waals surface area contributed by atoms with Gasteiger partial charge in [-0.1, -0.05) is 13.3 Å². The number of nitrogens with zero attached hydrogens (tertiary/aromatic N) is 1. The number of aliphatic hydroxyl groups is 1. The van der Waals surface area contributed by atoms with Crippen molar-refractivity contribution >= 4 is 16.9 Å². The lowest BCUT2D eigenvalue weighted by molar-refractivity contribution is -0.142. The fraction of sp³-hybridized carbons (Fsp3) is 0.565. The van der Waals surface area contributed by atoms with Crippen LogP contribution in [0.4, 0.5) is 0 Å². The van der Waals surface area contributed by atoms with Gasteiger partial charge in [-0.05, 0) is 37.5 Å². The van der Waals surface area contributed by atoms with Crippen molar-refractivity contribution in [2.75, 3.05) is 20.8 Å². The van der Waals surface area contributed by atoms with E-state index in [0.29, 0.717) is 36.8 Å². The van der Waals surface area contributed by atoms with E-state index in [4.69, 9.17) is 19.2 Å². The first kappa shape index (κ1) is 20.9. The molecule has 162 valence electrons. The minimum atomic E-state index is -0.679. The molecule has 1 aliphatic carbocycles. The number of fused-ring (bicyclic) bond motifs is 1. The van der Waals surface area contributed by atoms with Crippen LogP contribution in [-0.4, -0.2) is 49.0 Å². The first-order valence-corrected chi connectivity index (χ1v) is 10.7. The molecule has 1 aromatic carbocycles. The number of carbonyl (C=O) groups is 1. The Morgan fingerprint density at radius 2 is 2.13 bits per heavy atom. The van der Waals surface area contributed by atoms with Gasteiger partial charge in [-0.15, -0.1) is 0 Å². The largest absolute Gasteiger partial charge is 0.497 e. The van der Waals surface area contributed by atoms with Crippen LogP contribution in [0.5, 0.6) is 11.5 Å². The molecule has 2 fully saturated rings. The highest BCUT2D eigenvalue weighted by Gasteiger charge is 2.35. The third-order valence-corrected chi connectivity index (χ3v) is 6.28. The van der Waals surface area contributed by atoms with Crippen LogP contribution in [0.1, 0.15) is 62.3 Å². The van der Waals surface area contributed by atoms with Crippen molar-refractivity contribution in [2.24, 2.45) is 0 Å². The van der Waals surface area contributed by atoms with Crippen molar-refractivity contribution in [3.63, 3.8) is 0 Å². The van der Waals surface area contributed by atoms with Crippen molar-refractivity contribution in [3.05, 3.63) is 29.5 Å². The molecule has 1 saturated heterocycles. The number of nitrogens with one attached hydrogen (secondary N) is 1. The van der Waals surface area contributed by atoms with E-state index in [1.807, 2.05) is 25.1 Å². The third-order valence-electron chi connectivity index (χ3n) is 6.28. The summed E-state index contributed by atoms with van der Waals surface area (Å²) in [4.78, 5) is 16.9. The molecule has 3 atom stereocenters. The van der Waals surface area contributed by atoms with Crippen LogP contribution in [0.2, 0.25) is 0 Å². The highest BCUT2D eigenvalue weighted by atomic mass is 16.5. The molecule has 7 nitrogen and oxygen atoms in total. The van der Waals surface area contributed by atoms with Gasteiger partial charge in [0.2, 0.25) is 0 Å². The maximum Gasteiger partial charge on any atom is 0.323 e. The molecular weight excluding hydrogens is 384 g/mol. The predicted octanol–water partition coefficient (Wildman–Crippen LogP) is 3.24. The molecule has 2 aromatic rings. The summed E-state index contributed by atoms with van der Waals surface area (Å²) < 4.78 is 16.8. The van der Waals surface area contributed by atoms with Gasteiger partial charge in [-0.3, -0.25) is 4.79 Å². The van der Waals surface area contributed by atoms with Gasteiger partial charge < -0.3 is 24.6 Å². The van der Waals surface area contributed by atoms with Crippen molar-refractivity contribution in [2.45, 2.75) is 63.2 Å². The van der Waals surface area contributed by atoms with Gasteiger partial charge in [0.05, 0.1) is 31.5 Å². The molecule has 1 aromatic heterocycles. The first-order chi connectivity index (χ1) is 14.5. The average molecular weight is 415 g/mol. The molecular formula is C23H30N2O5. The van der Waals surface area contributed by atoms with E-state index in [1.165, 1.54) is 13.5 Å². The number of rotatable bonds is 7. The fourth-order valence-corrected chi connectivity index (χ4v) is 4.29. The summed E-state index contributed by atoms with van der Waals surface area (Å²) in [6.07, 6.45) is 3.52. The summed E-state index contributed by atoms with van der Waals surface area (Å²) in [6, 6.07) is 5.37. The van der Waals surface area contributed by atoms with Crippen LogP contribution in [0.15, 0.2) is 18.2 Å². The lowest BCUT2D eigenvalue weighted by atomic mass is 9.81. The number of methoxy groups -OCH3 is 2. The summed E-state index contributed by atoms with van der Waals surface area (Å²) in [6.45, 7) is 2.50. The van der Waals surface area contributed by atoms with E-state index in [2.05, 4.69) is 5.32 Å². The first-order valence-electron chi connectivity index (χ1n) is 10.7. The molecule has 0 bridgehead atoms. The monoisotopic (exact) mass is 414 g/mol. The Bertz CT molecular complexity index is 927. The van der Waals surface area contributed by atoms with Crippen LogP contribution in [0.3, 0.4) is 0 Å². The summed E-state index contributed by atoms with van der Waals surface area (Å²) in [5, 5.41) is 15.0. The number of carbonyl (C=O) groups excluding carboxylic acids is 1. The second-order valence-electron chi connectivity index (χ2n) is 8.13. The van der Waals surface area contributed by atoms with Gasteiger partial charge in [-0.2, -0.15) is 0 Å². The lowest BCUT2D eigenvalue weighted by Crippen LogP contribution is -2.31. The van der Waals surface area contributed by atoms with Crippen molar-refractivity contribution in [3.8, 4) is 11.5 Å². The van der Waals surface area contributed by atoms with E-state index in [1.54, 1.807) is 7.11 Å². The molecule has 2 N–H and O–H groups in total. The Hall–Kier alpha value is -2.38. The smallest absolute Gasteiger partial charge is 0.323 e. The number of pyridine rings is 1. The zero-order chi connectivity index (χ0) is 21.3. The summed E-state index contributed by atoms with van der Waals surface area (Å²) in [5.41, 5.74) is 2.53. The highest BCUT2D eigenvalue weighted by molar-refractivity contribution is 5.87. The van der Waals surface area contributed by atoms with Gasteiger partial charge in [0.1, 0.15) is 23.6 Å². The van der Waals surface area contributed by atoms with Crippen molar-refractivity contribution in [1.29, 1.82) is 0 Å². The summed E-state index contributed by atoms with van der Waals surface area (Å²) >= 11 is 0.